The van der Waals surface area contributed by atoms with Crippen molar-refractivity contribution in [2.75, 3.05) is 19.7 Å². The van der Waals surface area contributed by atoms with Crippen molar-refractivity contribution in [1.82, 2.24) is 4.31 Å². The second kappa shape index (κ2) is 7.50. The van der Waals surface area contributed by atoms with Crippen molar-refractivity contribution in [2.45, 2.75) is 24.9 Å². The highest BCUT2D eigenvalue weighted by atomic mass is 35.5. The number of benzene rings is 1. The van der Waals surface area contributed by atoms with Crippen molar-refractivity contribution >= 4 is 27.6 Å². The van der Waals surface area contributed by atoms with E-state index in [-0.39, 0.29) is 13.2 Å². The van der Waals surface area contributed by atoms with Gasteiger partial charge in [-0.15, -0.1) is 0 Å². The monoisotopic (exact) mass is 373 g/mol. The molecule has 0 saturated heterocycles. The molecule has 0 radical (unpaired) electrons. The van der Waals surface area contributed by atoms with E-state index in [9.17, 15) is 26.4 Å². The lowest BCUT2D eigenvalue weighted by molar-refractivity contribution is -0.143. The number of halogens is 4. The Hall–Kier alpha value is -1.32. The molecule has 0 unspecified atom stereocenters. The van der Waals surface area contributed by atoms with Crippen LogP contribution in [0.4, 0.5) is 13.2 Å². The molecule has 0 aliphatic carbocycles. The Morgan fingerprint density at radius 1 is 1.30 bits per heavy atom. The Morgan fingerprint density at radius 2 is 1.91 bits per heavy atom. The number of nitrogens with zero attached hydrogens (tertiary/aromatic N) is 1. The predicted octanol–water partition coefficient (Wildman–Crippen LogP) is 2.93. The first-order chi connectivity index (χ1) is 10.5. The highest BCUT2D eigenvalue weighted by molar-refractivity contribution is 7.89. The lowest BCUT2D eigenvalue weighted by Crippen LogP contribution is -2.36. The van der Waals surface area contributed by atoms with Crippen LogP contribution in [0.15, 0.2) is 23.1 Å². The van der Waals surface area contributed by atoms with Gasteiger partial charge >= 0.3 is 12.1 Å². The molecule has 1 aromatic carbocycles. The van der Waals surface area contributed by atoms with Gasteiger partial charge in [-0.05, 0) is 25.1 Å². The number of carbonyl (C=O) groups is 1. The summed E-state index contributed by atoms with van der Waals surface area (Å²) in [5.41, 5.74) is -1.26. The van der Waals surface area contributed by atoms with Crippen molar-refractivity contribution in [1.29, 1.82) is 0 Å². The molecule has 0 amide bonds. The Kier molecular flexibility index (Phi) is 6.43. The van der Waals surface area contributed by atoms with Crippen LogP contribution in [0.3, 0.4) is 0 Å². The summed E-state index contributed by atoms with van der Waals surface area (Å²) >= 11 is 5.47. The third-order valence-electron chi connectivity index (χ3n) is 2.84. The van der Waals surface area contributed by atoms with Gasteiger partial charge in [0.1, 0.15) is 6.54 Å². The van der Waals surface area contributed by atoms with Crippen molar-refractivity contribution in [3.63, 3.8) is 0 Å². The fourth-order valence-corrected chi connectivity index (χ4v) is 3.39. The largest absolute Gasteiger partial charge is 0.465 e. The van der Waals surface area contributed by atoms with Gasteiger partial charge in [0.2, 0.25) is 10.0 Å². The lowest BCUT2D eigenvalue weighted by atomic mass is 10.2. The lowest BCUT2D eigenvalue weighted by Gasteiger charge is -2.20. The van der Waals surface area contributed by atoms with Gasteiger partial charge in [0, 0.05) is 6.54 Å². The molecule has 1 rings (SSSR count). The van der Waals surface area contributed by atoms with Gasteiger partial charge in [0.25, 0.3) is 0 Å². The maximum Gasteiger partial charge on any atom is 0.417 e. The molecule has 0 saturated carbocycles. The molecule has 130 valence electrons. The van der Waals surface area contributed by atoms with Gasteiger partial charge in [-0.25, -0.2) is 8.42 Å². The van der Waals surface area contributed by atoms with Gasteiger partial charge in [0.15, 0.2) is 0 Å². The average Bonchev–Trinajstić information content (AvgIpc) is 2.43. The molecule has 0 spiro atoms. The normalized spacial score (nSPS) is 12.5. The molecular formula is C13H15ClF3NO4S. The SMILES string of the molecule is CCOC(=O)CN(CC)S(=O)(=O)c1ccc(Cl)c(C(F)(F)F)c1. The average molecular weight is 374 g/mol. The number of rotatable bonds is 6. The van der Waals surface area contributed by atoms with E-state index >= 15 is 0 Å². The van der Waals surface area contributed by atoms with Crippen molar-refractivity contribution in [2.24, 2.45) is 0 Å². The Labute approximate surface area is 137 Å². The second-order valence-electron chi connectivity index (χ2n) is 4.38. The van der Waals surface area contributed by atoms with Gasteiger partial charge in [0.05, 0.1) is 22.1 Å². The highest BCUT2D eigenvalue weighted by Crippen LogP contribution is 2.36. The molecule has 0 aliphatic heterocycles. The zero-order valence-corrected chi connectivity index (χ0v) is 13.9. The zero-order chi connectivity index (χ0) is 17.8. The summed E-state index contributed by atoms with van der Waals surface area (Å²) in [6.45, 7) is 2.38. The molecule has 0 N–H and O–H groups in total. The minimum Gasteiger partial charge on any atom is -0.465 e. The quantitative estimate of drug-likeness (QED) is 0.719. The van der Waals surface area contributed by atoms with E-state index in [1.165, 1.54) is 6.92 Å². The van der Waals surface area contributed by atoms with Crippen molar-refractivity contribution in [3.05, 3.63) is 28.8 Å². The fraction of sp³-hybridized carbons (Fsp3) is 0.462. The molecule has 5 nitrogen and oxygen atoms in total. The summed E-state index contributed by atoms with van der Waals surface area (Å²) in [5.74, 6) is -0.789. The van der Waals surface area contributed by atoms with Gasteiger partial charge in [-0.1, -0.05) is 18.5 Å². The molecule has 0 aliphatic rings. The first kappa shape index (κ1) is 19.7. The first-order valence-corrected chi connectivity index (χ1v) is 8.38. The van der Waals surface area contributed by atoms with Crippen molar-refractivity contribution < 1.29 is 31.1 Å². The summed E-state index contributed by atoms with van der Waals surface area (Å²) in [6, 6.07) is 2.27. The van der Waals surface area contributed by atoms with Crippen LogP contribution in [0.5, 0.6) is 0 Å². The van der Waals surface area contributed by atoms with Crippen molar-refractivity contribution in [3.8, 4) is 0 Å². The number of hydrogen-bond acceptors (Lipinski definition) is 4. The van der Waals surface area contributed by atoms with Crippen LogP contribution in [0, 0.1) is 0 Å². The van der Waals surface area contributed by atoms with Crippen LogP contribution < -0.4 is 0 Å². The maximum absolute atomic E-state index is 12.8. The minimum absolute atomic E-state index is 0.0651. The summed E-state index contributed by atoms with van der Waals surface area (Å²) in [4.78, 5) is 10.8. The van der Waals surface area contributed by atoms with Crippen LogP contribution in [0.2, 0.25) is 5.02 Å². The van der Waals surface area contributed by atoms with Crippen LogP contribution in [0.1, 0.15) is 19.4 Å². The van der Waals surface area contributed by atoms with E-state index in [4.69, 9.17) is 11.6 Å². The number of ether oxygens (including phenoxy) is 1. The summed E-state index contributed by atoms with van der Waals surface area (Å²) in [7, 11) is -4.29. The third-order valence-corrected chi connectivity index (χ3v) is 5.09. The fourth-order valence-electron chi connectivity index (χ4n) is 1.75. The van der Waals surface area contributed by atoms with E-state index in [2.05, 4.69) is 4.74 Å². The number of likely N-dealkylation sites (N-methyl/N-ethyl adjacent to an activating group) is 1. The Bertz CT molecular complexity index is 676. The standard InChI is InChI=1S/C13H15ClF3NO4S/c1-3-18(8-12(19)22-4-2)23(20,21)9-5-6-11(14)10(7-9)13(15,16)17/h5-7H,3-4,8H2,1-2H3. The topological polar surface area (TPSA) is 63.7 Å². The van der Waals surface area contributed by atoms with Gasteiger partial charge < -0.3 is 4.74 Å². The molecule has 0 fully saturated rings. The summed E-state index contributed by atoms with van der Waals surface area (Å²) in [5, 5.41) is -0.607. The first-order valence-electron chi connectivity index (χ1n) is 6.56. The minimum atomic E-state index is -4.79. The zero-order valence-electron chi connectivity index (χ0n) is 12.4. The van der Waals surface area contributed by atoms with Crippen LogP contribution in [0.25, 0.3) is 0 Å². The third kappa shape index (κ3) is 4.82. The predicted molar refractivity (Wildman–Crippen MR) is 77.5 cm³/mol. The molecule has 10 heteroatoms. The van der Waals surface area contributed by atoms with Gasteiger partial charge in [-0.3, -0.25) is 4.79 Å². The molecule has 0 bridgehead atoms. The molecular weight excluding hydrogens is 359 g/mol. The van der Waals surface area contributed by atoms with E-state index in [0.717, 1.165) is 16.4 Å². The molecule has 23 heavy (non-hydrogen) atoms. The molecule has 0 atom stereocenters. The van der Waals surface area contributed by atoms with Crippen LogP contribution in [-0.4, -0.2) is 38.4 Å². The highest BCUT2D eigenvalue weighted by Gasteiger charge is 2.35. The van der Waals surface area contributed by atoms with E-state index < -0.39 is 44.2 Å². The number of esters is 1. The van der Waals surface area contributed by atoms with E-state index in [1.807, 2.05) is 0 Å². The Balaban J connectivity index is 3.24. The Morgan fingerprint density at radius 3 is 2.39 bits per heavy atom. The molecule has 1 aromatic rings. The van der Waals surface area contributed by atoms with Crippen LogP contribution in [-0.2, 0) is 25.7 Å². The van der Waals surface area contributed by atoms with E-state index in [0.29, 0.717) is 6.07 Å². The number of sulfonamides is 1. The second-order valence-corrected chi connectivity index (χ2v) is 6.72. The van der Waals surface area contributed by atoms with E-state index in [1.54, 1.807) is 6.92 Å². The van der Waals surface area contributed by atoms with Crippen LogP contribution >= 0.6 is 11.6 Å². The smallest absolute Gasteiger partial charge is 0.417 e. The van der Waals surface area contributed by atoms with Gasteiger partial charge in [-0.2, -0.15) is 17.5 Å². The summed E-state index contributed by atoms with van der Waals surface area (Å²) < 4.78 is 68.7. The number of alkyl halides is 3. The summed E-state index contributed by atoms with van der Waals surface area (Å²) in [6.07, 6.45) is -4.79. The number of hydrogen-bond donors (Lipinski definition) is 0. The maximum atomic E-state index is 12.8. The molecule has 0 aromatic heterocycles. The number of carbonyl (C=O) groups excluding carboxylic acids is 1. The molecule has 0 heterocycles.